The molecule has 3 rings (SSSR count). The number of hydrogen-bond acceptors (Lipinski definition) is 4. The molecule has 0 aromatic heterocycles. The van der Waals surface area contributed by atoms with E-state index in [2.05, 4.69) is 10.0 Å². The van der Waals surface area contributed by atoms with Crippen LogP contribution in [0.3, 0.4) is 0 Å². The Morgan fingerprint density at radius 2 is 1.79 bits per heavy atom. The van der Waals surface area contributed by atoms with Gasteiger partial charge < -0.3 is 10.1 Å². The molecule has 0 radical (unpaired) electrons. The number of sulfonamides is 1. The van der Waals surface area contributed by atoms with Gasteiger partial charge in [0, 0.05) is 24.2 Å². The van der Waals surface area contributed by atoms with Gasteiger partial charge in [-0.3, -0.25) is 4.79 Å². The average molecular weight is 417 g/mol. The summed E-state index contributed by atoms with van der Waals surface area (Å²) in [5.74, 6) is 0.579. The third kappa shape index (κ3) is 6.30. The Hall–Kier alpha value is -2.38. The van der Waals surface area contributed by atoms with E-state index < -0.39 is 10.0 Å². The maximum absolute atomic E-state index is 12.5. The van der Waals surface area contributed by atoms with Crippen molar-refractivity contribution >= 4 is 21.6 Å². The van der Waals surface area contributed by atoms with Crippen molar-refractivity contribution in [1.82, 2.24) is 4.72 Å². The van der Waals surface area contributed by atoms with Gasteiger partial charge in [-0.1, -0.05) is 37.5 Å². The molecule has 1 fully saturated rings. The molecule has 156 valence electrons. The van der Waals surface area contributed by atoms with Crippen molar-refractivity contribution in [1.29, 1.82) is 0 Å². The molecule has 1 aliphatic carbocycles. The van der Waals surface area contributed by atoms with Crippen LogP contribution in [-0.2, 0) is 21.2 Å². The second kappa shape index (κ2) is 9.89. The number of aryl methyl sites for hydroxylation is 1. The highest BCUT2D eigenvalue weighted by molar-refractivity contribution is 7.89. The highest BCUT2D eigenvalue weighted by atomic mass is 32.2. The number of nitrogens with one attached hydrogen (secondary N) is 2. The molecular weight excluding hydrogens is 388 g/mol. The molecule has 0 heterocycles. The van der Waals surface area contributed by atoms with Crippen molar-refractivity contribution in [2.24, 2.45) is 0 Å². The third-order valence-electron chi connectivity index (χ3n) is 5.15. The van der Waals surface area contributed by atoms with Gasteiger partial charge in [-0.25, -0.2) is 13.1 Å². The summed E-state index contributed by atoms with van der Waals surface area (Å²) in [6.07, 6.45) is 5.97. The monoisotopic (exact) mass is 416 g/mol. The lowest BCUT2D eigenvalue weighted by atomic mass is 9.96. The number of rotatable bonds is 8. The summed E-state index contributed by atoms with van der Waals surface area (Å²) < 4.78 is 33.1. The lowest BCUT2D eigenvalue weighted by molar-refractivity contribution is -0.116. The first kappa shape index (κ1) is 21.3. The highest BCUT2D eigenvalue weighted by Crippen LogP contribution is 2.21. The Labute approximate surface area is 172 Å². The van der Waals surface area contributed by atoms with E-state index in [0.717, 1.165) is 31.2 Å². The molecule has 2 N–H and O–H groups in total. The summed E-state index contributed by atoms with van der Waals surface area (Å²) in [6.45, 7) is 0. The normalized spacial score (nSPS) is 15.1. The summed E-state index contributed by atoms with van der Waals surface area (Å²) in [7, 11) is -1.92. The molecule has 0 spiro atoms. The average Bonchev–Trinajstić information content (AvgIpc) is 2.73. The molecular formula is C22H28N2O4S. The zero-order valence-electron chi connectivity index (χ0n) is 16.7. The maximum atomic E-state index is 12.5. The molecule has 7 heteroatoms. The predicted molar refractivity (Wildman–Crippen MR) is 114 cm³/mol. The van der Waals surface area contributed by atoms with Gasteiger partial charge in [-0.15, -0.1) is 0 Å². The van der Waals surface area contributed by atoms with Gasteiger partial charge in [0.15, 0.2) is 0 Å². The number of carbonyl (C=O) groups excluding carboxylic acids is 1. The first-order chi connectivity index (χ1) is 14.0. The van der Waals surface area contributed by atoms with Gasteiger partial charge >= 0.3 is 0 Å². The minimum Gasteiger partial charge on any atom is -0.497 e. The molecule has 6 nitrogen and oxygen atoms in total. The van der Waals surface area contributed by atoms with Crippen LogP contribution in [-0.4, -0.2) is 27.5 Å². The molecule has 1 amide bonds. The third-order valence-corrected chi connectivity index (χ3v) is 6.69. The van der Waals surface area contributed by atoms with Gasteiger partial charge in [-0.05, 0) is 49.1 Å². The molecule has 0 atom stereocenters. The fourth-order valence-electron chi connectivity index (χ4n) is 3.53. The SMILES string of the molecule is COc1cccc(NC(=O)CCc2ccc(S(=O)(=O)NC3CCCCC3)cc2)c1. The van der Waals surface area contributed by atoms with Gasteiger partial charge in [-0.2, -0.15) is 0 Å². The quantitative estimate of drug-likeness (QED) is 0.684. The van der Waals surface area contributed by atoms with E-state index in [9.17, 15) is 13.2 Å². The molecule has 0 aliphatic heterocycles. The molecule has 1 saturated carbocycles. The number of methoxy groups -OCH3 is 1. The van der Waals surface area contributed by atoms with Crippen molar-refractivity contribution < 1.29 is 17.9 Å². The first-order valence-electron chi connectivity index (χ1n) is 10.0. The van der Waals surface area contributed by atoms with E-state index in [1.165, 1.54) is 6.42 Å². The Bertz CT molecular complexity index is 920. The van der Waals surface area contributed by atoms with E-state index in [4.69, 9.17) is 4.74 Å². The van der Waals surface area contributed by atoms with Crippen LogP contribution in [0.2, 0.25) is 0 Å². The highest BCUT2D eigenvalue weighted by Gasteiger charge is 2.21. The lowest BCUT2D eigenvalue weighted by Gasteiger charge is -2.22. The number of benzene rings is 2. The number of amides is 1. The Morgan fingerprint density at radius 1 is 1.07 bits per heavy atom. The topological polar surface area (TPSA) is 84.5 Å². The number of anilines is 1. The molecule has 2 aromatic rings. The van der Waals surface area contributed by atoms with Crippen LogP contribution in [0.1, 0.15) is 44.1 Å². The second-order valence-corrected chi connectivity index (χ2v) is 9.09. The summed E-state index contributed by atoms with van der Waals surface area (Å²) in [5, 5.41) is 2.84. The first-order valence-corrected chi connectivity index (χ1v) is 11.5. The van der Waals surface area contributed by atoms with E-state index >= 15 is 0 Å². The predicted octanol–water partition coefficient (Wildman–Crippen LogP) is 3.88. The van der Waals surface area contributed by atoms with E-state index in [1.54, 1.807) is 43.5 Å². The number of ether oxygens (including phenoxy) is 1. The van der Waals surface area contributed by atoms with Crippen LogP contribution in [0.25, 0.3) is 0 Å². The van der Waals surface area contributed by atoms with Gasteiger partial charge in [0.05, 0.1) is 12.0 Å². The van der Waals surface area contributed by atoms with Crippen LogP contribution in [0, 0.1) is 0 Å². The van der Waals surface area contributed by atoms with Crippen molar-refractivity contribution in [3.63, 3.8) is 0 Å². The molecule has 2 aromatic carbocycles. The summed E-state index contributed by atoms with van der Waals surface area (Å²) in [5.41, 5.74) is 1.60. The smallest absolute Gasteiger partial charge is 0.240 e. The number of carbonyl (C=O) groups is 1. The van der Waals surface area contributed by atoms with Gasteiger partial charge in [0.2, 0.25) is 15.9 Å². The fraction of sp³-hybridized carbons (Fsp3) is 0.409. The Balaban J connectivity index is 1.52. The Morgan fingerprint density at radius 3 is 2.48 bits per heavy atom. The van der Waals surface area contributed by atoms with Crippen LogP contribution < -0.4 is 14.8 Å². The largest absolute Gasteiger partial charge is 0.497 e. The van der Waals surface area contributed by atoms with Crippen molar-refractivity contribution in [2.75, 3.05) is 12.4 Å². The second-order valence-electron chi connectivity index (χ2n) is 7.38. The minimum atomic E-state index is -3.50. The lowest BCUT2D eigenvalue weighted by Crippen LogP contribution is -2.36. The molecule has 0 unspecified atom stereocenters. The van der Waals surface area contributed by atoms with Crippen LogP contribution in [0.5, 0.6) is 5.75 Å². The van der Waals surface area contributed by atoms with E-state index in [1.807, 2.05) is 12.1 Å². The van der Waals surface area contributed by atoms with E-state index in [-0.39, 0.29) is 16.8 Å². The zero-order valence-corrected chi connectivity index (χ0v) is 17.5. The molecule has 29 heavy (non-hydrogen) atoms. The van der Waals surface area contributed by atoms with Crippen molar-refractivity contribution in [2.45, 2.75) is 55.9 Å². The summed E-state index contributed by atoms with van der Waals surface area (Å²) in [4.78, 5) is 12.4. The Kier molecular flexibility index (Phi) is 7.28. The van der Waals surface area contributed by atoms with Crippen LogP contribution in [0.4, 0.5) is 5.69 Å². The van der Waals surface area contributed by atoms with Crippen LogP contribution in [0.15, 0.2) is 53.4 Å². The standard InChI is InChI=1S/C22H28N2O4S/c1-28-20-9-5-8-19(16-20)23-22(25)15-12-17-10-13-21(14-11-17)29(26,27)24-18-6-3-2-4-7-18/h5,8-11,13-14,16,18,24H,2-4,6-7,12,15H2,1H3,(H,23,25). The molecule has 0 saturated heterocycles. The van der Waals surface area contributed by atoms with Gasteiger partial charge in [0.25, 0.3) is 0 Å². The van der Waals surface area contributed by atoms with Crippen molar-refractivity contribution in [3.8, 4) is 5.75 Å². The zero-order chi connectivity index (χ0) is 20.7. The maximum Gasteiger partial charge on any atom is 0.240 e. The van der Waals surface area contributed by atoms with Gasteiger partial charge in [0.1, 0.15) is 5.75 Å². The summed E-state index contributed by atoms with van der Waals surface area (Å²) in [6, 6.07) is 14.0. The van der Waals surface area contributed by atoms with E-state index in [0.29, 0.717) is 24.3 Å². The summed E-state index contributed by atoms with van der Waals surface area (Å²) >= 11 is 0. The van der Waals surface area contributed by atoms with Crippen molar-refractivity contribution in [3.05, 3.63) is 54.1 Å². The minimum absolute atomic E-state index is 0.0359. The van der Waals surface area contributed by atoms with Crippen LogP contribution >= 0.6 is 0 Å². The fourth-order valence-corrected chi connectivity index (χ4v) is 4.83. The molecule has 0 bridgehead atoms. The number of hydrogen-bond donors (Lipinski definition) is 2. The molecule has 1 aliphatic rings.